The first-order valence-electron chi connectivity index (χ1n) is 30.5. The molecule has 0 saturated carbocycles. The summed E-state index contributed by atoms with van der Waals surface area (Å²) >= 11 is 0. The number of fused-ring (bicyclic) bond motifs is 6. The highest BCUT2D eigenvalue weighted by molar-refractivity contribution is 6.01. The van der Waals surface area contributed by atoms with Crippen molar-refractivity contribution in [1.29, 1.82) is 0 Å². The van der Waals surface area contributed by atoms with Crippen LogP contribution in [0.2, 0.25) is 0 Å². The summed E-state index contributed by atoms with van der Waals surface area (Å²) in [5, 5.41) is 11.3. The fourth-order valence-electron chi connectivity index (χ4n) is 11.8. The lowest BCUT2D eigenvalue weighted by Gasteiger charge is -2.37. The standard InChI is InChI=1S/C64H88N12O13/c1-35(2)51(73-60(84)88-62(5,6)7)55(81)75-29-15-21-45(75)47(77)31-37(17-13-27-69-58(65)66)53(79)71-39-23-25-43-49(33-39)86-50-34-40(24-26-44(50)64(43)42-20-12-11-19-41(42)57(83)87-64)72-54(80)38(18-14-28-70-59(67)68)32-48(78)46-22-16-30-76(46)56(82)52(36(3)4)74-61(85)89-63(8,9)10/h11-12,19-20,23-26,33-38,45-46,51-52H,13-18,21-22,27-32H2,1-10H3,(H,71,79)(H,72,80)(H,73,84)(H,74,85)(H4,65,66,69)(H4,67,68,70)/t37-,38-,45+,46+,51+,52+/m1/s1. The van der Waals surface area contributed by atoms with Crippen LogP contribution in [0.4, 0.5) is 21.0 Å². The molecule has 3 aromatic carbocycles. The van der Waals surface area contributed by atoms with Crippen LogP contribution in [0.5, 0.6) is 11.5 Å². The van der Waals surface area contributed by atoms with E-state index in [1.807, 2.05) is 0 Å². The Kier molecular flexibility index (Phi) is 21.8. The molecule has 3 aromatic rings. The van der Waals surface area contributed by atoms with Crippen molar-refractivity contribution in [3.63, 3.8) is 0 Å². The number of ketones is 2. The van der Waals surface area contributed by atoms with Crippen molar-refractivity contribution in [2.75, 3.05) is 36.8 Å². The van der Waals surface area contributed by atoms with Gasteiger partial charge in [0.2, 0.25) is 23.6 Å². The van der Waals surface area contributed by atoms with E-state index in [1.165, 1.54) is 9.80 Å². The average molecular weight is 1230 g/mol. The third kappa shape index (κ3) is 16.9. The average Bonchev–Trinajstić information content (AvgIpc) is 1.65. The van der Waals surface area contributed by atoms with Gasteiger partial charge in [-0.25, -0.2) is 14.4 Å². The number of guanidine groups is 2. The number of Topliss-reactive ketones (excluding diaryl/α,β-unsaturated/α-hetero) is 2. The molecule has 6 atom stereocenters. The number of benzene rings is 3. The number of carbonyl (C=O) groups is 9. The highest BCUT2D eigenvalue weighted by atomic mass is 16.6. The number of likely N-dealkylation sites (tertiary alicyclic amines) is 2. The van der Waals surface area contributed by atoms with Gasteiger partial charge < -0.3 is 72.9 Å². The molecule has 0 aliphatic carbocycles. The second kappa shape index (κ2) is 28.6. The van der Waals surface area contributed by atoms with Crippen molar-refractivity contribution in [2.24, 2.45) is 56.6 Å². The van der Waals surface area contributed by atoms with E-state index in [0.29, 0.717) is 60.8 Å². The van der Waals surface area contributed by atoms with Crippen molar-refractivity contribution in [3.05, 3.63) is 82.9 Å². The minimum atomic E-state index is -1.56. The number of anilines is 2. The van der Waals surface area contributed by atoms with Gasteiger partial charge in [-0.3, -0.25) is 38.8 Å². The quantitative estimate of drug-likeness (QED) is 0.0157. The monoisotopic (exact) mass is 1230 g/mol. The molecule has 0 aromatic heterocycles. The van der Waals surface area contributed by atoms with E-state index in [9.17, 15) is 43.2 Å². The van der Waals surface area contributed by atoms with Crippen LogP contribution in [-0.2, 0) is 48.6 Å². The summed E-state index contributed by atoms with van der Waals surface area (Å²) < 4.78 is 24.0. The number of hydrogen-bond donors (Lipinski definition) is 8. The molecule has 482 valence electrons. The van der Waals surface area contributed by atoms with Crippen molar-refractivity contribution < 1.29 is 62.1 Å². The first-order chi connectivity index (χ1) is 41.9. The van der Waals surface area contributed by atoms with E-state index < -0.39 is 94.6 Å². The molecule has 2 saturated heterocycles. The molecule has 7 rings (SSSR count). The van der Waals surface area contributed by atoms with Crippen LogP contribution in [0, 0.1) is 23.7 Å². The largest absolute Gasteiger partial charge is 0.456 e. The molecule has 4 aliphatic rings. The van der Waals surface area contributed by atoms with E-state index in [4.69, 9.17) is 41.9 Å². The Morgan fingerprint density at radius 3 is 1.43 bits per heavy atom. The fourth-order valence-corrected chi connectivity index (χ4v) is 11.8. The lowest BCUT2D eigenvalue weighted by Crippen LogP contribution is -2.54. The SMILES string of the molecule is CC(C)[C@H](NC(=O)OC(C)(C)C)C(=O)N1CCC[C@H]1C(=O)C[C@@H](CCCN=C(N)N)C(=O)Nc1ccc2c(c1)Oc1cc(NC(=O)[C@H](CCCN=C(N)N)CC(=O)[C@@H]3CCCN3C(=O)[C@@H](NC(=O)OC(C)(C)C)C(C)C)ccc1C21OC(=O)c2ccccc21. The number of nitrogens with zero attached hydrogens (tertiary/aromatic N) is 4. The molecule has 25 heteroatoms. The zero-order valence-electron chi connectivity index (χ0n) is 52.7. The minimum absolute atomic E-state index is 0.136. The number of nitrogens with two attached hydrogens (primary N) is 4. The number of nitrogens with one attached hydrogen (secondary N) is 4. The molecule has 89 heavy (non-hydrogen) atoms. The second-order valence-electron chi connectivity index (χ2n) is 25.9. The predicted octanol–water partition coefficient (Wildman–Crippen LogP) is 6.47. The zero-order valence-corrected chi connectivity index (χ0v) is 52.7. The number of rotatable bonds is 24. The number of hydrogen-bond acceptors (Lipinski definition) is 15. The highest BCUT2D eigenvalue weighted by Gasteiger charge is 2.54. The molecule has 2 fully saturated rings. The van der Waals surface area contributed by atoms with Gasteiger partial charge in [0.05, 0.1) is 17.6 Å². The van der Waals surface area contributed by atoms with Gasteiger partial charge in [-0.05, 0) is 135 Å². The Morgan fingerprint density at radius 1 is 0.618 bits per heavy atom. The molecule has 4 heterocycles. The normalized spacial score (nSPS) is 17.8. The summed E-state index contributed by atoms with van der Waals surface area (Å²) in [4.78, 5) is 137. The highest BCUT2D eigenvalue weighted by Crippen LogP contribution is 2.57. The number of carbonyl (C=O) groups excluding carboxylic acids is 9. The molecule has 0 radical (unpaired) electrons. The Balaban J connectivity index is 1.14. The van der Waals surface area contributed by atoms with Crippen LogP contribution in [0.25, 0.3) is 0 Å². The third-order valence-electron chi connectivity index (χ3n) is 15.9. The predicted molar refractivity (Wildman–Crippen MR) is 333 cm³/mol. The van der Waals surface area contributed by atoms with Gasteiger partial charge >= 0.3 is 18.2 Å². The van der Waals surface area contributed by atoms with Gasteiger partial charge in [-0.1, -0.05) is 45.9 Å². The number of ether oxygens (including phenoxy) is 4. The van der Waals surface area contributed by atoms with Gasteiger partial charge in [-0.2, -0.15) is 0 Å². The van der Waals surface area contributed by atoms with Crippen LogP contribution < -0.4 is 48.9 Å². The summed E-state index contributed by atoms with van der Waals surface area (Å²) in [5.74, 6) is -5.63. The van der Waals surface area contributed by atoms with E-state index in [1.54, 1.807) is 130 Å². The summed E-state index contributed by atoms with van der Waals surface area (Å²) in [5.41, 5.74) is 21.5. The molecule has 6 amide bonds. The Bertz CT molecular complexity index is 3050. The van der Waals surface area contributed by atoms with Crippen LogP contribution in [0.1, 0.15) is 160 Å². The molecule has 25 nitrogen and oxygen atoms in total. The molecular formula is C64H88N12O13. The number of alkyl carbamates (subject to hydrolysis) is 2. The van der Waals surface area contributed by atoms with Crippen molar-refractivity contribution >= 4 is 76.6 Å². The van der Waals surface area contributed by atoms with Crippen LogP contribution in [0.3, 0.4) is 0 Å². The Morgan fingerprint density at radius 2 is 1.03 bits per heavy atom. The Labute approximate surface area is 519 Å². The van der Waals surface area contributed by atoms with Crippen molar-refractivity contribution in [2.45, 2.75) is 174 Å². The first kappa shape index (κ1) is 67.7. The van der Waals surface area contributed by atoms with Crippen molar-refractivity contribution in [1.82, 2.24) is 20.4 Å². The summed E-state index contributed by atoms with van der Waals surface area (Å²) in [6.07, 6.45) is 0.770. The van der Waals surface area contributed by atoms with Gasteiger partial charge in [-0.15, -0.1) is 0 Å². The molecule has 4 aliphatic heterocycles. The topological polar surface area (TPSA) is 374 Å². The van der Waals surface area contributed by atoms with E-state index in [0.717, 1.165) is 0 Å². The lowest BCUT2D eigenvalue weighted by molar-refractivity contribution is -0.141. The van der Waals surface area contributed by atoms with Crippen LogP contribution >= 0.6 is 0 Å². The van der Waals surface area contributed by atoms with Crippen molar-refractivity contribution in [3.8, 4) is 11.5 Å². The molecule has 1 spiro atoms. The Hall–Kier alpha value is -8.77. The number of esters is 1. The van der Waals surface area contributed by atoms with E-state index >= 15 is 0 Å². The molecular weight excluding hydrogens is 1140 g/mol. The van der Waals surface area contributed by atoms with Crippen LogP contribution in [-0.4, -0.2) is 137 Å². The molecule has 0 unspecified atom stereocenters. The van der Waals surface area contributed by atoms with Gasteiger partial charge in [0.25, 0.3) is 0 Å². The van der Waals surface area contributed by atoms with E-state index in [-0.39, 0.29) is 110 Å². The van der Waals surface area contributed by atoms with E-state index in [2.05, 4.69) is 31.3 Å². The van der Waals surface area contributed by atoms with Gasteiger partial charge in [0, 0.05) is 91.1 Å². The maximum absolute atomic E-state index is 14.6. The lowest BCUT2D eigenvalue weighted by atomic mass is 9.77. The van der Waals surface area contributed by atoms with Gasteiger partial charge in [0.15, 0.2) is 29.1 Å². The summed E-state index contributed by atoms with van der Waals surface area (Å²) in [6, 6.07) is 13.0. The second-order valence-corrected chi connectivity index (χ2v) is 25.9. The smallest absolute Gasteiger partial charge is 0.408 e. The maximum Gasteiger partial charge on any atom is 0.408 e. The zero-order chi connectivity index (χ0) is 65.3. The first-order valence-corrected chi connectivity index (χ1v) is 30.5. The number of amides is 6. The molecule has 12 N–H and O–H groups in total. The van der Waals surface area contributed by atoms with Crippen LogP contribution in [0.15, 0.2) is 70.6 Å². The summed E-state index contributed by atoms with van der Waals surface area (Å²) in [7, 11) is 0. The minimum Gasteiger partial charge on any atom is -0.456 e. The van der Waals surface area contributed by atoms with Gasteiger partial charge in [0.1, 0.15) is 34.8 Å². The number of aliphatic imine (C=N–C) groups is 2. The third-order valence-corrected chi connectivity index (χ3v) is 15.9. The fraction of sp³-hybridized carbons (Fsp3) is 0.547. The maximum atomic E-state index is 14.6. The molecule has 0 bridgehead atoms. The summed E-state index contributed by atoms with van der Waals surface area (Å²) in [6.45, 7) is 18.3.